The number of rotatable bonds is 8. The van der Waals surface area contributed by atoms with Crippen LogP contribution in [0.15, 0.2) is 75.9 Å². The SMILES string of the molecule is C[C@@H](OC(=O)CCc1nc(-c2ccsc2)no1)C(=O)Nc1ccccc1-c1ccccc1. The topological polar surface area (TPSA) is 94.3 Å². The van der Waals surface area contributed by atoms with Gasteiger partial charge >= 0.3 is 5.97 Å². The Labute approximate surface area is 189 Å². The number of hydrogen-bond acceptors (Lipinski definition) is 7. The highest BCUT2D eigenvalue weighted by atomic mass is 32.1. The van der Waals surface area contributed by atoms with E-state index in [1.807, 2.05) is 71.4 Å². The van der Waals surface area contributed by atoms with Crippen LogP contribution >= 0.6 is 11.3 Å². The molecule has 1 atom stereocenters. The molecule has 162 valence electrons. The monoisotopic (exact) mass is 447 g/mol. The fourth-order valence-corrected chi connectivity index (χ4v) is 3.71. The molecule has 8 heteroatoms. The molecule has 0 saturated heterocycles. The number of carbonyl (C=O) groups is 2. The average Bonchev–Trinajstić information content (AvgIpc) is 3.51. The van der Waals surface area contributed by atoms with E-state index < -0.39 is 18.0 Å². The molecule has 0 aliphatic heterocycles. The van der Waals surface area contributed by atoms with Crippen LogP contribution in [-0.4, -0.2) is 28.1 Å². The van der Waals surface area contributed by atoms with Crippen molar-refractivity contribution < 1.29 is 18.8 Å². The molecule has 7 nitrogen and oxygen atoms in total. The molecule has 4 aromatic rings. The van der Waals surface area contributed by atoms with Crippen LogP contribution in [0.4, 0.5) is 5.69 Å². The van der Waals surface area contributed by atoms with Gasteiger partial charge < -0.3 is 14.6 Å². The molecule has 1 N–H and O–H groups in total. The quantitative estimate of drug-likeness (QED) is 0.383. The second-order valence-electron chi connectivity index (χ2n) is 7.06. The van der Waals surface area contributed by atoms with E-state index in [2.05, 4.69) is 15.5 Å². The van der Waals surface area contributed by atoms with Gasteiger partial charge in [-0.05, 0) is 30.0 Å². The maximum absolute atomic E-state index is 12.6. The Kier molecular flexibility index (Phi) is 6.72. The fourth-order valence-electron chi connectivity index (χ4n) is 3.08. The zero-order valence-corrected chi connectivity index (χ0v) is 18.2. The number of thiophene rings is 1. The number of benzene rings is 2. The van der Waals surface area contributed by atoms with Crippen molar-refractivity contribution in [3.63, 3.8) is 0 Å². The molecule has 1 amide bonds. The van der Waals surface area contributed by atoms with Gasteiger partial charge in [-0.3, -0.25) is 9.59 Å². The summed E-state index contributed by atoms with van der Waals surface area (Å²) in [5, 5.41) is 10.6. The first kappa shape index (κ1) is 21.5. The zero-order valence-electron chi connectivity index (χ0n) is 17.4. The molecular weight excluding hydrogens is 426 g/mol. The smallest absolute Gasteiger partial charge is 0.307 e. The van der Waals surface area contributed by atoms with Gasteiger partial charge in [0.1, 0.15) is 0 Å². The Morgan fingerprint density at radius 2 is 1.84 bits per heavy atom. The van der Waals surface area contributed by atoms with Crippen molar-refractivity contribution in [3.05, 3.63) is 77.3 Å². The number of amides is 1. The van der Waals surface area contributed by atoms with Crippen molar-refractivity contribution in [3.8, 4) is 22.5 Å². The second kappa shape index (κ2) is 10.0. The van der Waals surface area contributed by atoms with Gasteiger partial charge in [0.25, 0.3) is 5.91 Å². The molecule has 2 heterocycles. The Balaban J connectivity index is 1.31. The van der Waals surface area contributed by atoms with Gasteiger partial charge in [-0.2, -0.15) is 16.3 Å². The summed E-state index contributed by atoms with van der Waals surface area (Å²) in [5.41, 5.74) is 3.39. The zero-order chi connectivity index (χ0) is 22.3. The summed E-state index contributed by atoms with van der Waals surface area (Å²) >= 11 is 1.54. The van der Waals surface area contributed by atoms with E-state index in [0.717, 1.165) is 16.7 Å². The number of aromatic nitrogens is 2. The number of para-hydroxylation sites is 1. The molecule has 4 rings (SSSR count). The summed E-state index contributed by atoms with van der Waals surface area (Å²) in [6.07, 6.45) is -0.680. The Hall–Kier alpha value is -3.78. The normalized spacial score (nSPS) is 11.7. The lowest BCUT2D eigenvalue weighted by atomic mass is 10.0. The Morgan fingerprint density at radius 3 is 2.62 bits per heavy atom. The van der Waals surface area contributed by atoms with Gasteiger partial charge in [0.2, 0.25) is 11.7 Å². The van der Waals surface area contributed by atoms with Crippen LogP contribution in [0.2, 0.25) is 0 Å². The molecule has 0 fully saturated rings. The molecular formula is C24H21N3O4S. The van der Waals surface area contributed by atoms with Crippen molar-refractivity contribution in [1.82, 2.24) is 10.1 Å². The maximum atomic E-state index is 12.6. The van der Waals surface area contributed by atoms with Crippen molar-refractivity contribution in [2.75, 3.05) is 5.32 Å². The third-order valence-corrected chi connectivity index (χ3v) is 5.42. The van der Waals surface area contributed by atoms with Gasteiger partial charge in [0, 0.05) is 28.6 Å². The molecule has 0 aliphatic rings. The first-order chi connectivity index (χ1) is 15.6. The number of nitrogens with one attached hydrogen (secondary N) is 1. The van der Waals surface area contributed by atoms with E-state index in [4.69, 9.17) is 9.26 Å². The highest BCUT2D eigenvalue weighted by molar-refractivity contribution is 7.08. The predicted octanol–water partition coefficient (Wildman–Crippen LogP) is 4.97. The minimum atomic E-state index is -0.949. The number of anilines is 1. The van der Waals surface area contributed by atoms with E-state index in [1.54, 1.807) is 6.92 Å². The third kappa shape index (κ3) is 5.28. The van der Waals surface area contributed by atoms with Gasteiger partial charge in [0.05, 0.1) is 6.42 Å². The van der Waals surface area contributed by atoms with Crippen LogP contribution in [0.3, 0.4) is 0 Å². The van der Waals surface area contributed by atoms with Crippen LogP contribution in [0.5, 0.6) is 0 Å². The van der Waals surface area contributed by atoms with E-state index in [0.29, 0.717) is 17.4 Å². The molecule has 2 aromatic heterocycles. The number of nitrogens with zero attached hydrogens (tertiary/aromatic N) is 2. The first-order valence-corrected chi connectivity index (χ1v) is 11.0. The van der Waals surface area contributed by atoms with Gasteiger partial charge in [-0.25, -0.2) is 0 Å². The number of carbonyl (C=O) groups excluding carboxylic acids is 2. The van der Waals surface area contributed by atoms with Crippen LogP contribution < -0.4 is 5.32 Å². The summed E-state index contributed by atoms with van der Waals surface area (Å²) < 4.78 is 10.5. The number of aryl methyl sites for hydroxylation is 1. The Morgan fingerprint density at radius 1 is 1.06 bits per heavy atom. The summed E-state index contributed by atoms with van der Waals surface area (Å²) in [6, 6.07) is 19.1. The lowest BCUT2D eigenvalue weighted by molar-refractivity contribution is -0.153. The molecule has 0 spiro atoms. The second-order valence-corrected chi connectivity index (χ2v) is 7.84. The number of ether oxygens (including phenoxy) is 1. The fraction of sp³-hybridized carbons (Fsp3) is 0.167. The minimum Gasteiger partial charge on any atom is -0.453 e. The van der Waals surface area contributed by atoms with E-state index in [9.17, 15) is 9.59 Å². The summed E-state index contributed by atoms with van der Waals surface area (Å²) in [5.74, 6) is -0.0879. The van der Waals surface area contributed by atoms with Crippen molar-refractivity contribution >= 4 is 28.9 Å². The van der Waals surface area contributed by atoms with E-state index in [1.165, 1.54) is 11.3 Å². The van der Waals surface area contributed by atoms with E-state index >= 15 is 0 Å². The molecule has 32 heavy (non-hydrogen) atoms. The van der Waals surface area contributed by atoms with E-state index in [-0.39, 0.29) is 12.8 Å². The molecule has 0 bridgehead atoms. The van der Waals surface area contributed by atoms with Crippen molar-refractivity contribution in [2.45, 2.75) is 25.9 Å². The van der Waals surface area contributed by atoms with Crippen LogP contribution in [-0.2, 0) is 20.7 Å². The third-order valence-electron chi connectivity index (χ3n) is 4.74. The highest BCUT2D eigenvalue weighted by Crippen LogP contribution is 2.27. The maximum Gasteiger partial charge on any atom is 0.307 e. The minimum absolute atomic E-state index is 0.0312. The van der Waals surface area contributed by atoms with Crippen LogP contribution in [0.1, 0.15) is 19.2 Å². The van der Waals surface area contributed by atoms with Crippen molar-refractivity contribution in [1.29, 1.82) is 0 Å². The largest absolute Gasteiger partial charge is 0.453 e. The van der Waals surface area contributed by atoms with Crippen LogP contribution in [0, 0.1) is 0 Å². The lowest BCUT2D eigenvalue weighted by Crippen LogP contribution is -2.30. The van der Waals surface area contributed by atoms with Gasteiger partial charge in [-0.1, -0.05) is 53.7 Å². The average molecular weight is 448 g/mol. The summed E-state index contributed by atoms with van der Waals surface area (Å²) in [4.78, 5) is 29.1. The number of esters is 1. The van der Waals surface area contributed by atoms with Gasteiger partial charge in [0.15, 0.2) is 6.10 Å². The molecule has 0 saturated carbocycles. The summed E-state index contributed by atoms with van der Waals surface area (Å²) in [6.45, 7) is 1.54. The molecule has 0 radical (unpaired) electrons. The first-order valence-electron chi connectivity index (χ1n) is 10.1. The Bertz CT molecular complexity index is 1190. The highest BCUT2D eigenvalue weighted by Gasteiger charge is 2.20. The predicted molar refractivity (Wildman–Crippen MR) is 122 cm³/mol. The lowest BCUT2D eigenvalue weighted by Gasteiger charge is -2.15. The standard InChI is InChI=1S/C24H21N3O4S/c1-16(24(29)25-20-10-6-5-9-19(20)17-7-3-2-4-8-17)30-22(28)12-11-21-26-23(27-31-21)18-13-14-32-15-18/h2-10,13-16H,11-12H2,1H3,(H,25,29)/t16-/m1/s1. The molecule has 2 aromatic carbocycles. The summed E-state index contributed by atoms with van der Waals surface area (Å²) in [7, 11) is 0. The van der Waals surface area contributed by atoms with Crippen molar-refractivity contribution in [2.24, 2.45) is 0 Å². The van der Waals surface area contributed by atoms with Crippen LogP contribution in [0.25, 0.3) is 22.5 Å². The molecule has 0 aliphatic carbocycles. The van der Waals surface area contributed by atoms with Gasteiger partial charge in [-0.15, -0.1) is 0 Å². The molecule has 0 unspecified atom stereocenters. The number of hydrogen-bond donors (Lipinski definition) is 1.